The van der Waals surface area contributed by atoms with Crippen LogP contribution in [0.2, 0.25) is 0 Å². The fourth-order valence-corrected chi connectivity index (χ4v) is 2.64. The molecule has 1 N–H and O–H groups in total. The molecule has 2 atom stereocenters. The highest BCUT2D eigenvalue weighted by Crippen LogP contribution is 2.29. The monoisotopic (exact) mass is 291 g/mol. The van der Waals surface area contributed by atoms with Crippen molar-refractivity contribution in [3.63, 3.8) is 0 Å². The first-order chi connectivity index (χ1) is 10.2. The molecule has 2 unspecified atom stereocenters. The highest BCUT2D eigenvalue weighted by Gasteiger charge is 2.26. The Kier molecular flexibility index (Phi) is 6.07. The fraction of sp³-hybridized carbons (Fsp3) is 0.667. The van der Waals surface area contributed by atoms with Crippen LogP contribution < -0.4 is 10.1 Å². The SMILES string of the molecule is CCNC(c1ccc(OC2CC2)cc1)C(OCC)C(C)C. The molecule has 0 radical (unpaired) electrons. The zero-order chi connectivity index (χ0) is 15.2. The van der Waals surface area contributed by atoms with Gasteiger partial charge in [0.2, 0.25) is 0 Å². The maximum Gasteiger partial charge on any atom is 0.119 e. The molecule has 0 amide bonds. The molecule has 0 saturated heterocycles. The van der Waals surface area contributed by atoms with Gasteiger partial charge in [0.25, 0.3) is 0 Å². The number of nitrogens with one attached hydrogen (secondary N) is 1. The van der Waals surface area contributed by atoms with Gasteiger partial charge in [-0.25, -0.2) is 0 Å². The number of ether oxygens (including phenoxy) is 2. The first-order valence-electron chi connectivity index (χ1n) is 8.27. The molecule has 2 rings (SSSR count). The maximum atomic E-state index is 5.98. The van der Waals surface area contributed by atoms with E-state index in [0.29, 0.717) is 12.0 Å². The van der Waals surface area contributed by atoms with Crippen molar-refractivity contribution in [1.82, 2.24) is 5.32 Å². The number of hydrogen-bond acceptors (Lipinski definition) is 3. The van der Waals surface area contributed by atoms with Gasteiger partial charge in [-0.2, -0.15) is 0 Å². The molecule has 0 aromatic heterocycles. The summed E-state index contributed by atoms with van der Waals surface area (Å²) in [4.78, 5) is 0. The molecular formula is C18H29NO2. The Morgan fingerprint density at radius 3 is 2.29 bits per heavy atom. The molecule has 1 fully saturated rings. The van der Waals surface area contributed by atoms with Gasteiger partial charge < -0.3 is 14.8 Å². The Morgan fingerprint density at radius 2 is 1.81 bits per heavy atom. The second-order valence-electron chi connectivity index (χ2n) is 6.09. The van der Waals surface area contributed by atoms with Gasteiger partial charge in [-0.1, -0.05) is 32.9 Å². The Morgan fingerprint density at radius 1 is 1.14 bits per heavy atom. The minimum absolute atomic E-state index is 0.185. The minimum atomic E-state index is 0.185. The molecule has 3 nitrogen and oxygen atoms in total. The summed E-state index contributed by atoms with van der Waals surface area (Å²) in [6.45, 7) is 10.3. The Hall–Kier alpha value is -1.06. The lowest BCUT2D eigenvalue weighted by molar-refractivity contribution is 0.00316. The van der Waals surface area contributed by atoms with Crippen molar-refractivity contribution in [1.29, 1.82) is 0 Å². The average molecular weight is 291 g/mol. The van der Waals surface area contributed by atoms with Crippen LogP contribution in [-0.4, -0.2) is 25.4 Å². The van der Waals surface area contributed by atoms with Crippen LogP contribution in [-0.2, 0) is 4.74 Å². The van der Waals surface area contributed by atoms with Crippen LogP contribution in [0.1, 0.15) is 52.1 Å². The standard InChI is InChI=1S/C18H29NO2/c1-5-19-17(18(13(3)4)20-6-2)14-7-9-15(10-8-14)21-16-11-12-16/h7-10,13,16-19H,5-6,11-12H2,1-4H3. The molecule has 1 saturated carbocycles. The molecule has 0 spiro atoms. The summed E-state index contributed by atoms with van der Waals surface area (Å²) in [7, 11) is 0. The molecule has 21 heavy (non-hydrogen) atoms. The van der Waals surface area contributed by atoms with Crippen molar-refractivity contribution in [2.75, 3.05) is 13.2 Å². The van der Waals surface area contributed by atoms with E-state index in [0.717, 1.165) is 18.9 Å². The molecule has 118 valence electrons. The molecular weight excluding hydrogens is 262 g/mol. The van der Waals surface area contributed by atoms with E-state index in [1.807, 2.05) is 0 Å². The van der Waals surface area contributed by atoms with Crippen LogP contribution in [0.5, 0.6) is 5.75 Å². The van der Waals surface area contributed by atoms with E-state index in [9.17, 15) is 0 Å². The normalized spacial score (nSPS) is 17.8. The zero-order valence-corrected chi connectivity index (χ0v) is 13.8. The summed E-state index contributed by atoms with van der Waals surface area (Å²) in [6, 6.07) is 8.73. The fourth-order valence-electron chi connectivity index (χ4n) is 2.64. The van der Waals surface area contributed by atoms with Gasteiger partial charge in [-0.15, -0.1) is 0 Å². The molecule has 3 heteroatoms. The van der Waals surface area contributed by atoms with Crippen molar-refractivity contribution in [2.24, 2.45) is 5.92 Å². The average Bonchev–Trinajstić information content (AvgIpc) is 3.27. The molecule has 1 aliphatic rings. The smallest absolute Gasteiger partial charge is 0.119 e. The maximum absolute atomic E-state index is 5.98. The van der Waals surface area contributed by atoms with E-state index in [-0.39, 0.29) is 12.1 Å². The van der Waals surface area contributed by atoms with Crippen LogP contribution in [0, 0.1) is 5.92 Å². The molecule has 1 aromatic carbocycles. The molecule has 1 aromatic rings. The highest BCUT2D eigenvalue weighted by molar-refractivity contribution is 5.30. The van der Waals surface area contributed by atoms with Crippen LogP contribution >= 0.6 is 0 Å². The van der Waals surface area contributed by atoms with Gasteiger partial charge in [0.1, 0.15) is 5.75 Å². The molecule has 0 bridgehead atoms. The quantitative estimate of drug-likeness (QED) is 0.747. The second kappa shape index (κ2) is 7.81. The number of hydrogen-bond donors (Lipinski definition) is 1. The van der Waals surface area contributed by atoms with Gasteiger partial charge >= 0.3 is 0 Å². The van der Waals surface area contributed by atoms with Gasteiger partial charge in [-0.3, -0.25) is 0 Å². The van der Waals surface area contributed by atoms with Gasteiger partial charge in [0, 0.05) is 6.61 Å². The number of likely N-dealkylation sites (N-methyl/N-ethyl adjacent to an activating group) is 1. The van der Waals surface area contributed by atoms with Crippen molar-refractivity contribution in [3.8, 4) is 5.75 Å². The summed E-state index contributed by atoms with van der Waals surface area (Å²) < 4.78 is 11.8. The third-order valence-electron chi connectivity index (χ3n) is 3.84. The Bertz CT molecular complexity index is 412. The predicted molar refractivity (Wildman–Crippen MR) is 86.8 cm³/mol. The lowest BCUT2D eigenvalue weighted by Crippen LogP contribution is -2.37. The lowest BCUT2D eigenvalue weighted by Gasteiger charge is -2.31. The lowest BCUT2D eigenvalue weighted by atomic mass is 9.93. The summed E-state index contributed by atoms with van der Waals surface area (Å²) in [5, 5.41) is 3.57. The van der Waals surface area contributed by atoms with Gasteiger partial charge in [-0.05, 0) is 49.9 Å². The highest BCUT2D eigenvalue weighted by atomic mass is 16.5. The van der Waals surface area contributed by atoms with E-state index in [1.54, 1.807) is 0 Å². The summed E-state index contributed by atoms with van der Waals surface area (Å²) in [6.07, 6.45) is 3.03. The van der Waals surface area contributed by atoms with E-state index in [1.165, 1.54) is 18.4 Å². The van der Waals surface area contributed by atoms with Crippen molar-refractivity contribution >= 4 is 0 Å². The number of rotatable bonds is 9. The Balaban J connectivity index is 2.11. The zero-order valence-electron chi connectivity index (χ0n) is 13.8. The predicted octanol–water partition coefficient (Wildman–Crippen LogP) is 3.94. The first kappa shape index (κ1) is 16.3. The molecule has 1 aliphatic carbocycles. The van der Waals surface area contributed by atoms with Crippen LogP contribution in [0.15, 0.2) is 24.3 Å². The Labute approximate surface area is 129 Å². The van der Waals surface area contributed by atoms with E-state index >= 15 is 0 Å². The summed E-state index contributed by atoms with van der Waals surface area (Å²) in [5.41, 5.74) is 1.27. The van der Waals surface area contributed by atoms with E-state index < -0.39 is 0 Å². The van der Waals surface area contributed by atoms with Crippen LogP contribution in [0.4, 0.5) is 0 Å². The van der Waals surface area contributed by atoms with Crippen LogP contribution in [0.25, 0.3) is 0 Å². The van der Waals surface area contributed by atoms with E-state index in [2.05, 4.69) is 57.3 Å². The van der Waals surface area contributed by atoms with E-state index in [4.69, 9.17) is 9.47 Å². The molecule has 0 heterocycles. The summed E-state index contributed by atoms with van der Waals surface area (Å²) in [5.74, 6) is 1.45. The van der Waals surface area contributed by atoms with Crippen molar-refractivity contribution in [2.45, 2.75) is 58.8 Å². The molecule has 0 aliphatic heterocycles. The van der Waals surface area contributed by atoms with Crippen molar-refractivity contribution < 1.29 is 9.47 Å². The third-order valence-corrected chi connectivity index (χ3v) is 3.84. The van der Waals surface area contributed by atoms with Crippen molar-refractivity contribution in [3.05, 3.63) is 29.8 Å². The topological polar surface area (TPSA) is 30.5 Å². The van der Waals surface area contributed by atoms with Gasteiger partial charge in [0.05, 0.1) is 18.2 Å². The third kappa shape index (κ3) is 4.72. The minimum Gasteiger partial charge on any atom is -0.490 e. The van der Waals surface area contributed by atoms with Gasteiger partial charge in [0.15, 0.2) is 0 Å². The first-order valence-corrected chi connectivity index (χ1v) is 8.27. The largest absolute Gasteiger partial charge is 0.490 e. The second-order valence-corrected chi connectivity index (χ2v) is 6.09. The number of benzene rings is 1. The summed E-state index contributed by atoms with van der Waals surface area (Å²) >= 11 is 0. The van der Waals surface area contributed by atoms with Crippen LogP contribution in [0.3, 0.4) is 0 Å².